The van der Waals surface area contributed by atoms with Crippen molar-refractivity contribution in [2.45, 2.75) is 99.8 Å². The van der Waals surface area contributed by atoms with Crippen molar-refractivity contribution in [3.8, 4) is 11.5 Å². The van der Waals surface area contributed by atoms with E-state index in [4.69, 9.17) is 9.47 Å². The molecule has 0 radical (unpaired) electrons. The second-order valence-corrected chi connectivity index (χ2v) is 13.2. The molecular weight excluding hydrogens is 484 g/mol. The van der Waals surface area contributed by atoms with Gasteiger partial charge in [-0.15, -0.1) is 0 Å². The van der Waals surface area contributed by atoms with Crippen LogP contribution in [0.1, 0.15) is 74.5 Å². The van der Waals surface area contributed by atoms with Crippen LogP contribution in [-0.4, -0.2) is 72.5 Å². The molecular formula is C34H46N2O3. The Labute approximate surface area is 234 Å². The Morgan fingerprint density at radius 3 is 2.64 bits per heavy atom. The summed E-state index contributed by atoms with van der Waals surface area (Å²) in [6, 6.07) is 15.7. The van der Waals surface area contributed by atoms with Gasteiger partial charge in [-0.05, 0) is 101 Å². The van der Waals surface area contributed by atoms with Crippen LogP contribution in [0.15, 0.2) is 42.5 Å². The monoisotopic (exact) mass is 530 g/mol. The number of ether oxygens (including phenoxy) is 2. The lowest BCUT2D eigenvalue weighted by Gasteiger charge is -2.64. The van der Waals surface area contributed by atoms with Crippen LogP contribution in [-0.2, 0) is 18.3 Å². The summed E-state index contributed by atoms with van der Waals surface area (Å²) in [5, 5.41) is 12.8. The first-order chi connectivity index (χ1) is 19.0. The maximum absolute atomic E-state index is 12.8. The standard InChI is InChI=1S/C34H46N2O3/c1-35(20-9-4-3-6-10-24-11-7-5-8-12-24)27-17-18-34(37)29-22-26-15-16-28(38-2)31-30(26)33(34,32(27)39-31)19-21-36(29)23-25-13-14-25/h5,7-8,11-12,15-16,25,27,29,32,37H,3-4,6,9-10,13-14,17-23H2,1-2H3/t27?,29-,32?,33+,34-/m1/s1. The Hall–Kier alpha value is -2.08. The molecule has 3 fully saturated rings. The van der Waals surface area contributed by atoms with Crippen LogP contribution < -0.4 is 9.47 Å². The normalized spacial score (nSPS) is 32.7. The molecule has 1 N–H and O–H groups in total. The van der Waals surface area contributed by atoms with Gasteiger partial charge in [-0.25, -0.2) is 0 Å². The number of aryl methyl sites for hydroxylation is 1. The van der Waals surface area contributed by atoms with E-state index < -0.39 is 5.60 Å². The van der Waals surface area contributed by atoms with Gasteiger partial charge in [-0.2, -0.15) is 0 Å². The minimum Gasteiger partial charge on any atom is -0.493 e. The lowest BCUT2D eigenvalue weighted by Crippen LogP contribution is -2.78. The van der Waals surface area contributed by atoms with Crippen LogP contribution in [0.5, 0.6) is 11.5 Å². The molecule has 39 heavy (non-hydrogen) atoms. The number of benzene rings is 2. The van der Waals surface area contributed by atoms with E-state index >= 15 is 0 Å². The molecule has 2 saturated carbocycles. The minimum absolute atomic E-state index is 0.0183. The molecule has 5 heteroatoms. The molecule has 2 bridgehead atoms. The van der Waals surface area contributed by atoms with Crippen LogP contribution in [0, 0.1) is 5.92 Å². The van der Waals surface area contributed by atoms with Crippen molar-refractivity contribution in [1.82, 2.24) is 9.80 Å². The van der Waals surface area contributed by atoms with E-state index in [-0.39, 0.29) is 17.6 Å². The number of likely N-dealkylation sites (tertiary alicyclic amines) is 1. The van der Waals surface area contributed by atoms with E-state index in [1.807, 2.05) is 0 Å². The first-order valence-electron chi connectivity index (χ1n) is 15.6. The van der Waals surface area contributed by atoms with Gasteiger partial charge in [-0.3, -0.25) is 9.80 Å². The van der Waals surface area contributed by atoms with E-state index in [9.17, 15) is 5.11 Å². The second-order valence-electron chi connectivity index (χ2n) is 13.2. The van der Waals surface area contributed by atoms with Gasteiger partial charge in [0.1, 0.15) is 6.10 Å². The molecule has 1 saturated heterocycles. The summed E-state index contributed by atoms with van der Waals surface area (Å²) in [5.41, 5.74) is 3.05. The van der Waals surface area contributed by atoms with E-state index in [1.54, 1.807) is 7.11 Å². The SMILES string of the molecule is COc1ccc2c3c1OC1C(N(C)CCCCCCc4ccccc4)CC[C@@]4(O)[C@@H](C2)N(CC2CC2)CC[C@]314. The molecule has 5 nitrogen and oxygen atoms in total. The molecule has 1 spiro atoms. The summed E-state index contributed by atoms with van der Waals surface area (Å²) >= 11 is 0. The highest BCUT2D eigenvalue weighted by molar-refractivity contribution is 5.63. The molecule has 0 amide bonds. The molecule has 7 rings (SSSR count). The van der Waals surface area contributed by atoms with Gasteiger partial charge in [0.25, 0.3) is 0 Å². The van der Waals surface area contributed by atoms with E-state index in [2.05, 4.69) is 59.3 Å². The fraction of sp³-hybridized carbons (Fsp3) is 0.647. The van der Waals surface area contributed by atoms with E-state index in [0.717, 1.165) is 62.7 Å². The fourth-order valence-corrected chi connectivity index (χ4v) is 8.91. The van der Waals surface area contributed by atoms with Gasteiger partial charge in [0.05, 0.1) is 18.1 Å². The molecule has 210 valence electrons. The zero-order valence-corrected chi connectivity index (χ0v) is 23.9. The highest BCUT2D eigenvalue weighted by atomic mass is 16.5. The number of hydrogen-bond acceptors (Lipinski definition) is 5. The van der Waals surface area contributed by atoms with Crippen LogP contribution in [0.25, 0.3) is 0 Å². The lowest BCUT2D eigenvalue weighted by molar-refractivity contribution is -0.199. The van der Waals surface area contributed by atoms with Crippen molar-refractivity contribution in [2.75, 3.05) is 33.8 Å². The van der Waals surface area contributed by atoms with E-state index in [0.29, 0.717) is 6.04 Å². The highest BCUT2D eigenvalue weighted by Gasteiger charge is 2.73. The lowest BCUT2D eigenvalue weighted by atomic mass is 9.48. The molecule has 2 aliphatic heterocycles. The number of likely N-dealkylation sites (N-methyl/N-ethyl adjacent to an activating group) is 1. The Morgan fingerprint density at radius 2 is 1.85 bits per heavy atom. The highest BCUT2D eigenvalue weighted by Crippen LogP contribution is 2.66. The molecule has 2 heterocycles. The first kappa shape index (κ1) is 25.9. The summed E-state index contributed by atoms with van der Waals surface area (Å²) < 4.78 is 12.8. The summed E-state index contributed by atoms with van der Waals surface area (Å²) in [6.45, 7) is 3.31. The quantitative estimate of drug-likeness (QED) is 0.396. The molecule has 2 aromatic carbocycles. The molecule has 2 aromatic rings. The predicted octanol–water partition coefficient (Wildman–Crippen LogP) is 5.36. The van der Waals surface area contributed by atoms with Crippen molar-refractivity contribution in [3.63, 3.8) is 0 Å². The summed E-state index contributed by atoms with van der Waals surface area (Å²) in [6.07, 6.45) is 12.7. The third-order valence-corrected chi connectivity index (χ3v) is 11.1. The second kappa shape index (κ2) is 10.1. The summed E-state index contributed by atoms with van der Waals surface area (Å²) in [5.74, 6) is 2.59. The minimum atomic E-state index is -0.732. The van der Waals surface area contributed by atoms with Crippen molar-refractivity contribution in [2.24, 2.45) is 5.92 Å². The topological polar surface area (TPSA) is 45.2 Å². The molecule has 0 aromatic heterocycles. The zero-order valence-electron chi connectivity index (χ0n) is 23.9. The Bertz CT molecular complexity index is 1180. The third kappa shape index (κ3) is 4.14. The van der Waals surface area contributed by atoms with Gasteiger partial charge in [0.2, 0.25) is 0 Å². The van der Waals surface area contributed by atoms with Crippen LogP contribution in [0.2, 0.25) is 0 Å². The summed E-state index contributed by atoms with van der Waals surface area (Å²) in [4.78, 5) is 5.22. The number of aliphatic hydroxyl groups is 1. The van der Waals surface area contributed by atoms with Crippen molar-refractivity contribution < 1.29 is 14.6 Å². The number of rotatable bonds is 11. The number of methoxy groups -OCH3 is 1. The smallest absolute Gasteiger partial charge is 0.165 e. The molecule has 5 atom stereocenters. The van der Waals surface area contributed by atoms with Crippen molar-refractivity contribution in [1.29, 1.82) is 0 Å². The zero-order chi connectivity index (χ0) is 26.6. The molecule has 5 aliphatic rings. The van der Waals surface area contributed by atoms with Crippen LogP contribution in [0.3, 0.4) is 0 Å². The van der Waals surface area contributed by atoms with Crippen LogP contribution >= 0.6 is 0 Å². The van der Waals surface area contributed by atoms with Gasteiger partial charge >= 0.3 is 0 Å². The van der Waals surface area contributed by atoms with Gasteiger partial charge in [0, 0.05) is 24.2 Å². The predicted molar refractivity (Wildman–Crippen MR) is 155 cm³/mol. The average molecular weight is 531 g/mol. The number of piperidine rings is 1. The van der Waals surface area contributed by atoms with Gasteiger partial charge < -0.3 is 14.6 Å². The number of unbranched alkanes of at least 4 members (excludes halogenated alkanes) is 3. The first-order valence-corrected chi connectivity index (χ1v) is 15.6. The number of nitrogens with zero attached hydrogens (tertiary/aromatic N) is 2. The molecule has 3 aliphatic carbocycles. The average Bonchev–Trinajstić information content (AvgIpc) is 3.70. The van der Waals surface area contributed by atoms with Gasteiger partial charge in [0.15, 0.2) is 11.5 Å². The van der Waals surface area contributed by atoms with E-state index in [1.165, 1.54) is 61.6 Å². The van der Waals surface area contributed by atoms with Crippen molar-refractivity contribution >= 4 is 0 Å². The third-order valence-electron chi connectivity index (χ3n) is 11.1. The molecule has 2 unspecified atom stereocenters. The van der Waals surface area contributed by atoms with Crippen molar-refractivity contribution in [3.05, 3.63) is 59.2 Å². The summed E-state index contributed by atoms with van der Waals surface area (Å²) in [7, 11) is 4.04. The Morgan fingerprint density at radius 1 is 1.03 bits per heavy atom. The largest absolute Gasteiger partial charge is 0.493 e. The van der Waals surface area contributed by atoms with Crippen LogP contribution in [0.4, 0.5) is 0 Å². The maximum atomic E-state index is 12.8. The number of hydrogen-bond donors (Lipinski definition) is 1. The Kier molecular flexibility index (Phi) is 6.68. The Balaban J connectivity index is 1.09. The van der Waals surface area contributed by atoms with Gasteiger partial charge in [-0.1, -0.05) is 49.2 Å². The fourth-order valence-electron chi connectivity index (χ4n) is 8.91. The maximum Gasteiger partial charge on any atom is 0.165 e.